The number of rotatable bonds is 6. The fourth-order valence-electron chi connectivity index (χ4n) is 1.14. The number of hydrogen-bond acceptors (Lipinski definition) is 5. The molecule has 0 bridgehead atoms. The van der Waals surface area contributed by atoms with Gasteiger partial charge in [-0.3, -0.25) is 4.79 Å². The Hall–Kier alpha value is -1.40. The molecule has 15 heavy (non-hydrogen) atoms. The maximum Gasteiger partial charge on any atom is 0.306 e. The molecule has 0 aliphatic rings. The molecule has 84 valence electrons. The third-order valence-corrected chi connectivity index (χ3v) is 1.77. The molecule has 0 fully saturated rings. The molecular formula is C9H14N2O4. The van der Waals surface area contributed by atoms with Gasteiger partial charge in [-0.1, -0.05) is 5.16 Å². The summed E-state index contributed by atoms with van der Waals surface area (Å²) in [4.78, 5) is 10.2. The van der Waals surface area contributed by atoms with Gasteiger partial charge < -0.3 is 20.1 Å². The number of aryl methyl sites for hydroxylation is 1. The van der Waals surface area contributed by atoms with Crippen LogP contribution in [0.2, 0.25) is 0 Å². The number of nitrogens with one attached hydrogen (secondary N) is 1. The summed E-state index contributed by atoms with van der Waals surface area (Å²) in [6.07, 6.45) is -1.14. The Morgan fingerprint density at radius 3 is 3.00 bits per heavy atom. The van der Waals surface area contributed by atoms with E-state index in [0.717, 1.165) is 5.69 Å². The van der Waals surface area contributed by atoms with E-state index in [1.54, 1.807) is 6.07 Å². The van der Waals surface area contributed by atoms with E-state index >= 15 is 0 Å². The summed E-state index contributed by atoms with van der Waals surface area (Å²) in [7, 11) is 0. The highest BCUT2D eigenvalue weighted by Crippen LogP contribution is 2.01. The van der Waals surface area contributed by atoms with E-state index in [-0.39, 0.29) is 13.0 Å². The van der Waals surface area contributed by atoms with Crippen molar-refractivity contribution in [3.63, 3.8) is 0 Å². The summed E-state index contributed by atoms with van der Waals surface area (Å²) in [5.41, 5.74) is 0.790. The van der Waals surface area contributed by atoms with E-state index in [1.165, 1.54) is 0 Å². The SMILES string of the molecule is Cc1cc(CNCC(O)CC(=O)O)on1. The van der Waals surface area contributed by atoms with Gasteiger partial charge in [0.1, 0.15) is 0 Å². The van der Waals surface area contributed by atoms with Gasteiger partial charge >= 0.3 is 5.97 Å². The van der Waals surface area contributed by atoms with Crippen LogP contribution in [-0.4, -0.2) is 34.0 Å². The van der Waals surface area contributed by atoms with Crippen molar-refractivity contribution >= 4 is 5.97 Å². The Kier molecular flexibility index (Phi) is 4.26. The van der Waals surface area contributed by atoms with E-state index in [0.29, 0.717) is 12.3 Å². The predicted molar refractivity (Wildman–Crippen MR) is 51.2 cm³/mol. The van der Waals surface area contributed by atoms with Crippen molar-refractivity contribution in [3.8, 4) is 0 Å². The van der Waals surface area contributed by atoms with Crippen molar-refractivity contribution in [3.05, 3.63) is 17.5 Å². The second-order valence-electron chi connectivity index (χ2n) is 3.32. The quantitative estimate of drug-likeness (QED) is 0.612. The van der Waals surface area contributed by atoms with Crippen LogP contribution in [0, 0.1) is 6.92 Å². The number of hydrogen-bond donors (Lipinski definition) is 3. The normalized spacial score (nSPS) is 12.7. The van der Waals surface area contributed by atoms with Crippen molar-refractivity contribution in [1.29, 1.82) is 0 Å². The van der Waals surface area contributed by atoms with Gasteiger partial charge in [0.25, 0.3) is 0 Å². The first-order valence-electron chi connectivity index (χ1n) is 4.60. The van der Waals surface area contributed by atoms with Gasteiger partial charge in [0.05, 0.1) is 24.8 Å². The van der Waals surface area contributed by atoms with Crippen LogP contribution >= 0.6 is 0 Å². The number of aromatic nitrogens is 1. The fourth-order valence-corrected chi connectivity index (χ4v) is 1.14. The topological polar surface area (TPSA) is 95.6 Å². The zero-order chi connectivity index (χ0) is 11.3. The number of carboxylic acids is 1. The van der Waals surface area contributed by atoms with Crippen LogP contribution in [-0.2, 0) is 11.3 Å². The number of carbonyl (C=O) groups is 1. The highest BCUT2D eigenvalue weighted by atomic mass is 16.5. The van der Waals surface area contributed by atoms with Crippen LogP contribution in [0.3, 0.4) is 0 Å². The zero-order valence-corrected chi connectivity index (χ0v) is 8.43. The minimum atomic E-state index is -1.01. The maximum absolute atomic E-state index is 10.2. The average molecular weight is 214 g/mol. The second-order valence-corrected chi connectivity index (χ2v) is 3.32. The summed E-state index contributed by atoms with van der Waals surface area (Å²) in [6, 6.07) is 1.77. The molecule has 0 saturated heterocycles. The molecule has 1 aromatic heterocycles. The lowest BCUT2D eigenvalue weighted by Gasteiger charge is -2.07. The molecule has 1 aromatic rings. The Bertz CT molecular complexity index is 324. The number of nitrogens with zero attached hydrogens (tertiary/aromatic N) is 1. The van der Waals surface area contributed by atoms with Crippen LogP contribution in [0.4, 0.5) is 0 Å². The van der Waals surface area contributed by atoms with Gasteiger partial charge in [0.15, 0.2) is 5.76 Å². The molecule has 0 aromatic carbocycles. The van der Waals surface area contributed by atoms with Crippen molar-refractivity contribution in [1.82, 2.24) is 10.5 Å². The summed E-state index contributed by atoms with van der Waals surface area (Å²) in [5, 5.41) is 24.2. The molecule has 0 aliphatic carbocycles. The van der Waals surface area contributed by atoms with Gasteiger partial charge in [0.2, 0.25) is 0 Å². The lowest BCUT2D eigenvalue weighted by atomic mass is 10.2. The molecule has 0 amide bonds. The van der Waals surface area contributed by atoms with E-state index in [4.69, 9.17) is 9.63 Å². The number of aliphatic hydroxyl groups excluding tert-OH is 1. The molecule has 0 saturated carbocycles. The molecule has 6 heteroatoms. The number of aliphatic carboxylic acids is 1. The van der Waals surface area contributed by atoms with Gasteiger partial charge in [-0.05, 0) is 6.92 Å². The Morgan fingerprint density at radius 2 is 2.47 bits per heavy atom. The molecule has 1 unspecified atom stereocenters. The fraction of sp³-hybridized carbons (Fsp3) is 0.556. The second kappa shape index (κ2) is 5.47. The highest BCUT2D eigenvalue weighted by Gasteiger charge is 2.09. The van der Waals surface area contributed by atoms with Crippen molar-refractivity contribution < 1.29 is 19.5 Å². The molecule has 0 radical (unpaired) electrons. The first kappa shape index (κ1) is 11.7. The summed E-state index contributed by atoms with van der Waals surface area (Å²) in [5.74, 6) is -0.352. The summed E-state index contributed by atoms with van der Waals surface area (Å²) < 4.78 is 4.92. The maximum atomic E-state index is 10.2. The largest absolute Gasteiger partial charge is 0.481 e. The highest BCUT2D eigenvalue weighted by molar-refractivity contribution is 5.67. The molecule has 0 aliphatic heterocycles. The first-order chi connectivity index (χ1) is 7.08. The molecule has 3 N–H and O–H groups in total. The van der Waals surface area contributed by atoms with Gasteiger partial charge in [-0.25, -0.2) is 0 Å². The molecule has 0 spiro atoms. The summed E-state index contributed by atoms with van der Waals surface area (Å²) in [6.45, 7) is 2.45. The molecular weight excluding hydrogens is 200 g/mol. The van der Waals surface area contributed by atoms with Crippen molar-refractivity contribution in [2.24, 2.45) is 0 Å². The number of carboxylic acid groups (broad SMARTS) is 1. The van der Waals surface area contributed by atoms with E-state index in [1.807, 2.05) is 6.92 Å². The first-order valence-corrected chi connectivity index (χ1v) is 4.60. The average Bonchev–Trinajstić information content (AvgIpc) is 2.50. The Balaban J connectivity index is 2.18. The van der Waals surface area contributed by atoms with Crippen molar-refractivity contribution in [2.45, 2.75) is 26.0 Å². The van der Waals surface area contributed by atoms with Crippen LogP contribution in [0.25, 0.3) is 0 Å². The molecule has 1 rings (SSSR count). The van der Waals surface area contributed by atoms with Gasteiger partial charge in [-0.2, -0.15) is 0 Å². The summed E-state index contributed by atoms with van der Waals surface area (Å²) >= 11 is 0. The zero-order valence-electron chi connectivity index (χ0n) is 8.43. The van der Waals surface area contributed by atoms with E-state index in [2.05, 4.69) is 10.5 Å². The monoisotopic (exact) mass is 214 g/mol. The number of aliphatic hydroxyl groups is 1. The van der Waals surface area contributed by atoms with Crippen molar-refractivity contribution in [2.75, 3.05) is 6.54 Å². The minimum absolute atomic E-state index is 0.214. The van der Waals surface area contributed by atoms with Crippen LogP contribution in [0.1, 0.15) is 17.9 Å². The third kappa shape index (κ3) is 4.57. The van der Waals surface area contributed by atoms with Gasteiger partial charge in [0, 0.05) is 12.6 Å². The standard InChI is InChI=1S/C9H14N2O4/c1-6-2-8(15-11-6)5-10-4-7(12)3-9(13)14/h2,7,10,12H,3-5H2,1H3,(H,13,14). The molecule has 1 heterocycles. The van der Waals surface area contributed by atoms with E-state index in [9.17, 15) is 9.90 Å². The smallest absolute Gasteiger partial charge is 0.306 e. The lowest BCUT2D eigenvalue weighted by molar-refractivity contribution is -0.139. The van der Waals surface area contributed by atoms with Crippen LogP contribution in [0.5, 0.6) is 0 Å². The molecule has 1 atom stereocenters. The molecule has 6 nitrogen and oxygen atoms in total. The van der Waals surface area contributed by atoms with Gasteiger partial charge in [-0.15, -0.1) is 0 Å². The van der Waals surface area contributed by atoms with Crippen LogP contribution in [0.15, 0.2) is 10.6 Å². The Morgan fingerprint density at radius 1 is 1.73 bits per heavy atom. The predicted octanol–water partition coefficient (Wildman–Crippen LogP) is -0.0918. The Labute approximate surface area is 86.9 Å². The lowest BCUT2D eigenvalue weighted by Crippen LogP contribution is -2.28. The minimum Gasteiger partial charge on any atom is -0.481 e. The van der Waals surface area contributed by atoms with Crippen LogP contribution < -0.4 is 5.32 Å². The third-order valence-electron chi connectivity index (χ3n) is 1.77. The van der Waals surface area contributed by atoms with E-state index < -0.39 is 12.1 Å².